The molecule has 0 radical (unpaired) electrons. The van der Waals surface area contributed by atoms with Crippen LogP contribution in [0.5, 0.6) is 0 Å². The molecule has 3 aromatic heterocycles. The van der Waals surface area contributed by atoms with E-state index in [0.717, 1.165) is 79.9 Å². The topological polar surface area (TPSA) is 109 Å². The van der Waals surface area contributed by atoms with Gasteiger partial charge in [0, 0.05) is 42.6 Å². The predicted octanol–water partition coefficient (Wildman–Crippen LogP) is 3.22. The van der Waals surface area contributed by atoms with Gasteiger partial charge in [-0.15, -0.1) is 0 Å². The van der Waals surface area contributed by atoms with E-state index in [1.807, 2.05) is 13.1 Å². The Hall–Kier alpha value is -2.78. The van der Waals surface area contributed by atoms with Gasteiger partial charge in [0.25, 0.3) is 5.91 Å². The van der Waals surface area contributed by atoms with Gasteiger partial charge in [-0.05, 0) is 62.5 Å². The highest BCUT2D eigenvalue weighted by Gasteiger charge is 2.27. The molecule has 0 aromatic carbocycles. The summed E-state index contributed by atoms with van der Waals surface area (Å²) < 4.78 is 7.23. The first-order valence-corrected chi connectivity index (χ1v) is 12.5. The Morgan fingerprint density at radius 3 is 2.76 bits per heavy atom. The van der Waals surface area contributed by atoms with Crippen molar-refractivity contribution in [3.05, 3.63) is 35.4 Å². The minimum Gasteiger partial charge on any atom is -0.381 e. The summed E-state index contributed by atoms with van der Waals surface area (Å²) in [7, 11) is 0. The quantitative estimate of drug-likeness (QED) is 0.494. The van der Waals surface area contributed by atoms with Crippen molar-refractivity contribution in [3.63, 3.8) is 0 Å². The normalized spacial score (nSPS) is 23.1. The Labute approximate surface area is 200 Å². The van der Waals surface area contributed by atoms with Crippen LogP contribution in [0.4, 0.5) is 0 Å². The highest BCUT2D eigenvalue weighted by Crippen LogP contribution is 2.31. The zero-order chi connectivity index (χ0) is 23.7. The van der Waals surface area contributed by atoms with Gasteiger partial charge in [-0.25, -0.2) is 9.50 Å². The number of nitrogens with zero attached hydrogens (tertiary/aromatic N) is 4. The van der Waals surface area contributed by atoms with Gasteiger partial charge < -0.3 is 15.4 Å². The number of carbonyl (C=O) groups is 1. The molecule has 2 fully saturated rings. The zero-order valence-corrected chi connectivity index (χ0v) is 20.3. The van der Waals surface area contributed by atoms with Crippen molar-refractivity contribution >= 4 is 11.6 Å². The molecule has 34 heavy (non-hydrogen) atoms. The predicted molar refractivity (Wildman–Crippen MR) is 130 cm³/mol. The number of aryl methyl sites for hydroxylation is 1. The minimum absolute atomic E-state index is 0.0690. The van der Waals surface area contributed by atoms with Crippen molar-refractivity contribution in [2.45, 2.75) is 70.9 Å². The number of pyridine rings is 1. The molecule has 1 amide bonds. The summed E-state index contributed by atoms with van der Waals surface area (Å²) in [5, 5.41) is 18.8. The van der Waals surface area contributed by atoms with Gasteiger partial charge in [0.15, 0.2) is 5.65 Å². The van der Waals surface area contributed by atoms with Crippen molar-refractivity contribution in [3.8, 4) is 11.3 Å². The smallest absolute Gasteiger partial charge is 0.269 e. The third-order valence-electron chi connectivity index (χ3n) is 7.22. The Kier molecular flexibility index (Phi) is 6.65. The van der Waals surface area contributed by atoms with Crippen LogP contribution in [-0.4, -0.2) is 62.5 Å². The van der Waals surface area contributed by atoms with Gasteiger partial charge in [-0.2, -0.15) is 10.2 Å². The number of aromatic nitrogens is 5. The number of H-pyrrole nitrogens is 1. The summed E-state index contributed by atoms with van der Waals surface area (Å²) in [6.07, 6.45) is 8.78. The van der Waals surface area contributed by atoms with E-state index in [1.165, 1.54) is 0 Å². The molecule has 0 bridgehead atoms. The number of rotatable bonds is 7. The fraction of sp³-hybridized carbons (Fsp3) is 0.600. The van der Waals surface area contributed by atoms with Crippen LogP contribution in [0.2, 0.25) is 0 Å². The largest absolute Gasteiger partial charge is 0.381 e. The number of nitrogens with one attached hydrogen (secondary N) is 3. The molecule has 4 heterocycles. The van der Waals surface area contributed by atoms with Gasteiger partial charge in [-0.1, -0.05) is 13.8 Å². The third kappa shape index (κ3) is 4.72. The summed E-state index contributed by atoms with van der Waals surface area (Å²) >= 11 is 0. The fourth-order valence-corrected chi connectivity index (χ4v) is 5.31. The Balaban J connectivity index is 1.25. The van der Waals surface area contributed by atoms with Crippen LogP contribution < -0.4 is 10.6 Å². The average molecular weight is 466 g/mol. The molecule has 9 heteroatoms. The van der Waals surface area contributed by atoms with Crippen LogP contribution in [0, 0.1) is 12.8 Å². The summed E-state index contributed by atoms with van der Waals surface area (Å²) in [5.74, 6) is 0.719. The third-order valence-corrected chi connectivity index (χ3v) is 7.22. The lowest BCUT2D eigenvalue weighted by Crippen LogP contribution is -2.43. The Bertz CT molecular complexity index is 1140. The second-order valence-corrected chi connectivity index (χ2v) is 10.1. The summed E-state index contributed by atoms with van der Waals surface area (Å²) in [4.78, 5) is 17.6. The second-order valence-electron chi connectivity index (χ2n) is 10.1. The second kappa shape index (κ2) is 9.84. The molecular weight excluding hydrogens is 430 g/mol. The zero-order valence-electron chi connectivity index (χ0n) is 20.3. The molecule has 3 aromatic rings. The Morgan fingerprint density at radius 2 is 2.03 bits per heavy atom. The number of ether oxygens (including phenoxy) is 1. The molecule has 1 atom stereocenters. The van der Waals surface area contributed by atoms with Crippen molar-refractivity contribution in [1.82, 2.24) is 35.4 Å². The summed E-state index contributed by atoms with van der Waals surface area (Å²) in [5.41, 5.74) is 5.06. The molecule has 0 spiro atoms. The van der Waals surface area contributed by atoms with Gasteiger partial charge >= 0.3 is 0 Å². The van der Waals surface area contributed by atoms with Crippen LogP contribution in [0.15, 0.2) is 18.6 Å². The molecule has 5 rings (SSSR count). The molecule has 182 valence electrons. The van der Waals surface area contributed by atoms with Gasteiger partial charge in [0.1, 0.15) is 12.0 Å². The van der Waals surface area contributed by atoms with Gasteiger partial charge in [-0.3, -0.25) is 9.89 Å². The molecule has 3 N–H and O–H groups in total. The molecule has 1 aliphatic heterocycles. The highest BCUT2D eigenvalue weighted by atomic mass is 16.5. The monoisotopic (exact) mass is 465 g/mol. The van der Waals surface area contributed by atoms with E-state index in [1.54, 1.807) is 10.8 Å². The standard InChI is InChI=1S/C25H35N7O2/c1-15(2)21-22(18-10-16(3)24-27-14-28-32(24)12-18)30-31-23(21)25(33)29-20-6-4-19(5-7-20)26-11-17-8-9-34-13-17/h10,12,14-15,17,19-20,26H,4-9,11,13H2,1-3H3,(H,29,33)(H,30,31). The van der Waals surface area contributed by atoms with Crippen molar-refractivity contribution in [2.75, 3.05) is 19.8 Å². The SMILES string of the molecule is Cc1cc(-c2n[nH]c(C(=O)NC3CCC(NCC4CCOC4)CC3)c2C(C)C)cn2ncnc12. The molecule has 1 aliphatic carbocycles. The number of hydrogen-bond acceptors (Lipinski definition) is 6. The van der Waals surface area contributed by atoms with E-state index >= 15 is 0 Å². The average Bonchev–Trinajstić information content (AvgIpc) is 3.58. The van der Waals surface area contributed by atoms with Crippen LogP contribution in [0.25, 0.3) is 16.9 Å². The van der Waals surface area contributed by atoms with Crippen molar-refractivity contribution < 1.29 is 9.53 Å². The van der Waals surface area contributed by atoms with Crippen LogP contribution >= 0.6 is 0 Å². The van der Waals surface area contributed by atoms with E-state index in [2.05, 4.69) is 50.8 Å². The lowest BCUT2D eigenvalue weighted by Gasteiger charge is -2.30. The first-order chi connectivity index (χ1) is 16.5. The van der Waals surface area contributed by atoms with Crippen LogP contribution in [0.1, 0.15) is 73.5 Å². The first-order valence-electron chi connectivity index (χ1n) is 12.5. The molecule has 1 saturated heterocycles. The summed E-state index contributed by atoms with van der Waals surface area (Å²) in [6, 6.07) is 2.79. The minimum atomic E-state index is -0.0690. The number of hydrogen-bond donors (Lipinski definition) is 3. The molecule has 2 aliphatic rings. The highest BCUT2D eigenvalue weighted by molar-refractivity contribution is 5.96. The maximum atomic E-state index is 13.3. The molecular formula is C25H35N7O2. The van der Waals surface area contributed by atoms with Crippen LogP contribution in [-0.2, 0) is 4.74 Å². The van der Waals surface area contributed by atoms with Gasteiger partial charge in [0.2, 0.25) is 0 Å². The first kappa shape index (κ1) is 23.0. The fourth-order valence-electron chi connectivity index (χ4n) is 5.31. The van der Waals surface area contributed by atoms with Crippen molar-refractivity contribution in [2.24, 2.45) is 5.92 Å². The molecule has 1 saturated carbocycles. The number of aromatic amines is 1. The molecule has 9 nitrogen and oxygen atoms in total. The Morgan fingerprint density at radius 1 is 1.24 bits per heavy atom. The maximum Gasteiger partial charge on any atom is 0.269 e. The lowest BCUT2D eigenvalue weighted by molar-refractivity contribution is 0.0917. The number of fused-ring (bicyclic) bond motifs is 1. The van der Waals surface area contributed by atoms with E-state index in [-0.39, 0.29) is 17.9 Å². The number of carbonyl (C=O) groups excluding carboxylic acids is 1. The van der Waals surface area contributed by atoms with Gasteiger partial charge in [0.05, 0.1) is 12.3 Å². The summed E-state index contributed by atoms with van der Waals surface area (Å²) in [6.45, 7) is 9.02. The molecule has 1 unspecified atom stereocenters. The lowest BCUT2D eigenvalue weighted by atomic mass is 9.90. The van der Waals surface area contributed by atoms with Crippen LogP contribution in [0.3, 0.4) is 0 Å². The van der Waals surface area contributed by atoms with E-state index in [0.29, 0.717) is 17.7 Å². The maximum absolute atomic E-state index is 13.3. The van der Waals surface area contributed by atoms with E-state index in [4.69, 9.17) is 4.74 Å². The number of amides is 1. The van der Waals surface area contributed by atoms with E-state index in [9.17, 15) is 4.79 Å². The van der Waals surface area contributed by atoms with E-state index < -0.39 is 0 Å². The van der Waals surface area contributed by atoms with Crippen molar-refractivity contribution in [1.29, 1.82) is 0 Å².